The van der Waals surface area contributed by atoms with Crippen LogP contribution in [0.1, 0.15) is 0 Å². The molecule has 6 nitrogen and oxygen atoms in total. The summed E-state index contributed by atoms with van der Waals surface area (Å²) in [4.78, 5) is 11.3. The number of benzene rings is 13. The Bertz CT molecular complexity index is 5240. The fourth-order valence-electron chi connectivity index (χ4n) is 15.7. The lowest BCUT2D eigenvalue weighted by Crippen LogP contribution is -2.59. The minimum absolute atomic E-state index is 0.00539. The Morgan fingerprint density at radius 2 is 0.892 bits per heavy atom. The fraction of sp³-hybridized carbons (Fsp3) is 0.0238. The first-order valence-corrected chi connectivity index (χ1v) is 33.0. The minimum atomic E-state index is -0.169. The van der Waals surface area contributed by atoms with Gasteiger partial charge in [-0.25, -0.2) is 0 Å². The van der Waals surface area contributed by atoms with E-state index < -0.39 is 0 Å². The third-order valence-corrected chi connectivity index (χ3v) is 20.9. The number of hydrogen-bond acceptors (Lipinski definition) is 6. The van der Waals surface area contributed by atoms with E-state index in [1.54, 1.807) is 0 Å². The highest BCUT2D eigenvalue weighted by atomic mass is 32.2. The van der Waals surface area contributed by atoms with E-state index in [0.29, 0.717) is 0 Å². The van der Waals surface area contributed by atoms with Gasteiger partial charge in [0.25, 0.3) is 6.71 Å². The van der Waals surface area contributed by atoms with E-state index in [-0.39, 0.29) is 24.5 Å². The molecular weight excluding hydrogens is 1150 g/mol. The van der Waals surface area contributed by atoms with Gasteiger partial charge in [0.05, 0.1) is 22.4 Å². The summed E-state index contributed by atoms with van der Waals surface area (Å²) in [6.07, 6.45) is 5.42. The van der Waals surface area contributed by atoms with E-state index in [4.69, 9.17) is 4.74 Å². The second-order valence-electron chi connectivity index (χ2n) is 24.7. The number of para-hydroxylation sites is 9. The van der Waals surface area contributed by atoms with Crippen molar-refractivity contribution in [2.24, 2.45) is 0 Å². The molecule has 4 aliphatic heterocycles. The van der Waals surface area contributed by atoms with Gasteiger partial charge in [-0.3, -0.25) is 0 Å². The molecule has 93 heavy (non-hydrogen) atoms. The van der Waals surface area contributed by atoms with E-state index in [1.807, 2.05) is 11.8 Å². The standard InChI is InChI=1S/C84H57B2N5OS/c1-8-28-56(29-9-1)66-52-67-65-42-22-25-45-72(65)89(61-38-18-6-19-39-61)75(67)54-74(66)91-76-55-81-71(53-70(76)86-69-44-24-27-47-79(69)92-80-50-63(48-77(91)83(80)86)87(57-30-10-2-11-31-57)58-32-12-3-13-33-58)85-68-43-23-26-46-73(68)90(62-40-20-7-21-41-62)78-49-64(51-82(93-81)84(78)85)88(59-34-14-4-15-35-59)60-36-16-5-17-37-60/h1-55,71,81H. The highest BCUT2D eigenvalue weighted by Crippen LogP contribution is 2.57. The summed E-state index contributed by atoms with van der Waals surface area (Å²) >= 11 is 2.02. The molecule has 0 N–H and O–H groups in total. The highest BCUT2D eigenvalue weighted by Gasteiger charge is 2.52. The minimum Gasteiger partial charge on any atom is -0.458 e. The summed E-state index contributed by atoms with van der Waals surface area (Å²) < 4.78 is 9.91. The van der Waals surface area contributed by atoms with Crippen LogP contribution in [-0.2, 0) is 0 Å². The first kappa shape index (κ1) is 53.5. The highest BCUT2D eigenvalue weighted by molar-refractivity contribution is 8.00. The zero-order chi connectivity index (χ0) is 61.1. The van der Waals surface area contributed by atoms with Crippen LogP contribution in [-0.4, -0.2) is 23.2 Å². The second-order valence-corrected chi connectivity index (χ2v) is 25.9. The molecule has 1 aliphatic carbocycles. The molecule has 0 fully saturated rings. The number of ether oxygens (including phenoxy) is 1. The normalized spacial score (nSPS) is 15.4. The summed E-state index contributed by atoms with van der Waals surface area (Å²) in [7, 11) is 0. The molecule has 0 radical (unpaired) electrons. The molecule has 19 rings (SSSR count). The van der Waals surface area contributed by atoms with Crippen LogP contribution in [0.3, 0.4) is 0 Å². The monoisotopic (exact) mass is 1210 g/mol. The Balaban J connectivity index is 0.917. The number of aromatic nitrogens is 1. The second kappa shape index (κ2) is 21.7. The Labute approximate surface area is 546 Å². The molecule has 0 spiro atoms. The first-order chi connectivity index (χ1) is 46.2. The van der Waals surface area contributed by atoms with Gasteiger partial charge < -0.3 is 28.9 Å². The van der Waals surface area contributed by atoms with E-state index in [0.717, 1.165) is 101 Å². The molecule has 0 saturated heterocycles. The number of fused-ring (bicyclic) bond motifs is 11. The van der Waals surface area contributed by atoms with E-state index in [9.17, 15) is 0 Å². The molecule has 1 aromatic heterocycles. The largest absolute Gasteiger partial charge is 0.458 e. The van der Waals surface area contributed by atoms with Crippen LogP contribution in [0.4, 0.5) is 62.6 Å². The van der Waals surface area contributed by atoms with Crippen molar-refractivity contribution in [3.05, 3.63) is 345 Å². The molecule has 5 heterocycles. The number of rotatable bonds is 10. The van der Waals surface area contributed by atoms with Crippen molar-refractivity contribution < 1.29 is 4.74 Å². The van der Waals surface area contributed by atoms with Gasteiger partial charge in [0.15, 0.2) is 0 Å². The van der Waals surface area contributed by atoms with Crippen molar-refractivity contribution in [2.45, 2.75) is 16.0 Å². The molecule has 5 aliphatic rings. The van der Waals surface area contributed by atoms with Crippen LogP contribution in [0.25, 0.3) is 38.6 Å². The smallest absolute Gasteiger partial charge is 0.255 e. The molecule has 14 aromatic rings. The van der Waals surface area contributed by atoms with E-state index >= 15 is 0 Å². The van der Waals surface area contributed by atoms with Gasteiger partial charge in [0.2, 0.25) is 6.71 Å². The van der Waals surface area contributed by atoms with Crippen LogP contribution in [0.2, 0.25) is 5.82 Å². The number of thioether (sulfide) groups is 1. The predicted octanol–water partition coefficient (Wildman–Crippen LogP) is 19.6. The Hall–Kier alpha value is -11.4. The maximum atomic E-state index is 7.45. The Morgan fingerprint density at radius 3 is 1.54 bits per heavy atom. The SMILES string of the molecule is C1=C2B3c4ccccc4Oc4cc(N(c5ccccc5)c5ccccc5)cc(c43)N(c3cc4c(cc3-c3ccccc3)c3ccccc3n4-c3ccccc3)C2=CC2Sc3cc(N(c4ccccc4)c4ccccc4)cc4c3B(c3ccccc3N4c3ccccc3)C12. The third kappa shape index (κ3) is 8.54. The van der Waals surface area contributed by atoms with Crippen LogP contribution < -0.4 is 46.2 Å². The zero-order valence-corrected chi connectivity index (χ0v) is 51.4. The first-order valence-electron chi connectivity index (χ1n) is 32.1. The van der Waals surface area contributed by atoms with Crippen molar-refractivity contribution >= 4 is 131 Å². The summed E-state index contributed by atoms with van der Waals surface area (Å²) in [5.41, 5.74) is 25.2. The topological polar surface area (TPSA) is 27.1 Å². The third-order valence-electron chi connectivity index (χ3n) is 19.5. The molecule has 13 aromatic carbocycles. The summed E-state index contributed by atoms with van der Waals surface area (Å²) in [6.45, 7) is -0.161. The molecule has 436 valence electrons. The van der Waals surface area contributed by atoms with Crippen molar-refractivity contribution in [2.75, 3.05) is 19.6 Å². The zero-order valence-electron chi connectivity index (χ0n) is 50.6. The van der Waals surface area contributed by atoms with Crippen LogP contribution in [0.5, 0.6) is 11.5 Å². The molecule has 2 unspecified atom stereocenters. The van der Waals surface area contributed by atoms with Gasteiger partial charge in [-0.2, -0.15) is 0 Å². The van der Waals surface area contributed by atoms with Gasteiger partial charge in [-0.15, -0.1) is 11.8 Å². The lowest BCUT2D eigenvalue weighted by atomic mass is 9.28. The van der Waals surface area contributed by atoms with E-state index in [2.05, 4.69) is 358 Å². The maximum Gasteiger partial charge on any atom is 0.255 e. The van der Waals surface area contributed by atoms with Crippen molar-refractivity contribution in [1.82, 2.24) is 4.57 Å². The summed E-state index contributed by atoms with van der Waals surface area (Å²) in [5.74, 6) is 1.77. The van der Waals surface area contributed by atoms with Gasteiger partial charge >= 0.3 is 0 Å². The summed E-state index contributed by atoms with van der Waals surface area (Å²) in [6, 6.07) is 118. The van der Waals surface area contributed by atoms with Gasteiger partial charge in [-0.05, 0) is 166 Å². The lowest BCUT2D eigenvalue weighted by Gasteiger charge is -2.49. The van der Waals surface area contributed by atoms with Crippen LogP contribution in [0, 0.1) is 0 Å². The number of hydrogen-bond donors (Lipinski definition) is 0. The number of allylic oxidation sites excluding steroid dienone is 2. The molecule has 0 bridgehead atoms. The molecule has 0 saturated carbocycles. The predicted molar refractivity (Wildman–Crippen MR) is 391 cm³/mol. The lowest BCUT2D eigenvalue weighted by molar-refractivity contribution is 0.487. The molecule has 0 amide bonds. The number of nitrogens with zero attached hydrogens (tertiary/aromatic N) is 5. The molecule has 2 atom stereocenters. The fourth-order valence-corrected chi connectivity index (χ4v) is 17.2. The number of anilines is 11. The van der Waals surface area contributed by atoms with Gasteiger partial charge in [0.1, 0.15) is 11.5 Å². The Morgan fingerprint density at radius 1 is 0.366 bits per heavy atom. The van der Waals surface area contributed by atoms with Crippen molar-refractivity contribution in [3.63, 3.8) is 0 Å². The van der Waals surface area contributed by atoms with E-state index in [1.165, 1.54) is 49.1 Å². The molecule has 9 heteroatoms. The van der Waals surface area contributed by atoms with Crippen LogP contribution in [0.15, 0.2) is 350 Å². The maximum absolute atomic E-state index is 7.45. The average molecular weight is 1210 g/mol. The quantitative estimate of drug-likeness (QED) is 0.127. The average Bonchev–Trinajstić information content (AvgIpc) is 0.856. The van der Waals surface area contributed by atoms with Crippen molar-refractivity contribution in [1.29, 1.82) is 0 Å². The van der Waals surface area contributed by atoms with Crippen molar-refractivity contribution in [3.8, 4) is 28.3 Å². The molecular formula is C84H57B2N5OS. The Kier molecular flexibility index (Phi) is 12.4. The summed E-state index contributed by atoms with van der Waals surface area (Å²) in [5, 5.41) is 2.39. The van der Waals surface area contributed by atoms with Gasteiger partial charge in [0, 0.05) is 95.1 Å². The van der Waals surface area contributed by atoms with Gasteiger partial charge in [-0.1, -0.05) is 200 Å². The van der Waals surface area contributed by atoms with Crippen LogP contribution >= 0.6 is 11.8 Å².